The average molecular weight is 387 g/mol. The lowest BCUT2D eigenvalue weighted by molar-refractivity contribution is 0.0909. The minimum atomic E-state index is -0.0510. The molecule has 5 nitrogen and oxygen atoms in total. The smallest absolute Gasteiger partial charge is 0.252 e. The maximum atomic E-state index is 13.0. The number of hydrogen-bond acceptors (Lipinski definition) is 4. The summed E-state index contributed by atoms with van der Waals surface area (Å²) in [5.41, 5.74) is 2.30. The second-order valence-corrected chi connectivity index (χ2v) is 7.96. The van der Waals surface area contributed by atoms with Crippen molar-refractivity contribution in [1.82, 2.24) is 15.2 Å². The second kappa shape index (κ2) is 7.84. The Hall–Kier alpha value is -2.92. The standard InChI is InChI=1S/C24H25N3O2/c28-23(26-18-12-14-27(15-13-18)19-10-11-19)20-8-4-5-9-21(20)24-25-16-22(29-24)17-6-2-1-3-7-17/h1-9,16,18-19H,10-15H2,(H,26,28). The molecule has 0 spiro atoms. The number of likely N-dealkylation sites (tertiary alicyclic amines) is 1. The largest absolute Gasteiger partial charge is 0.436 e. The van der Waals surface area contributed by atoms with Crippen LogP contribution in [0.25, 0.3) is 22.8 Å². The third-order valence-electron chi connectivity index (χ3n) is 5.89. The lowest BCUT2D eigenvalue weighted by atomic mass is 10.0. The molecule has 0 unspecified atom stereocenters. The van der Waals surface area contributed by atoms with E-state index in [0.29, 0.717) is 17.2 Å². The van der Waals surface area contributed by atoms with Crippen molar-refractivity contribution in [1.29, 1.82) is 0 Å². The number of oxazole rings is 1. The van der Waals surface area contributed by atoms with Gasteiger partial charge in [0.25, 0.3) is 5.91 Å². The topological polar surface area (TPSA) is 58.4 Å². The van der Waals surface area contributed by atoms with Gasteiger partial charge in [0, 0.05) is 36.3 Å². The number of rotatable bonds is 5. The van der Waals surface area contributed by atoms with Crippen LogP contribution in [-0.2, 0) is 0 Å². The number of nitrogens with zero attached hydrogens (tertiary/aromatic N) is 2. The number of amides is 1. The van der Waals surface area contributed by atoms with Crippen LogP contribution < -0.4 is 5.32 Å². The second-order valence-electron chi connectivity index (χ2n) is 7.96. The van der Waals surface area contributed by atoms with Crippen molar-refractivity contribution in [3.05, 3.63) is 66.4 Å². The van der Waals surface area contributed by atoms with Crippen molar-refractivity contribution >= 4 is 5.91 Å². The van der Waals surface area contributed by atoms with Crippen molar-refractivity contribution in [3.8, 4) is 22.8 Å². The Bertz CT molecular complexity index is 986. The number of carbonyl (C=O) groups is 1. The van der Waals surface area contributed by atoms with Gasteiger partial charge in [-0.3, -0.25) is 4.79 Å². The van der Waals surface area contributed by atoms with Gasteiger partial charge in [-0.1, -0.05) is 42.5 Å². The molecule has 2 aromatic carbocycles. The van der Waals surface area contributed by atoms with Crippen LogP contribution in [0.4, 0.5) is 0 Å². The molecule has 2 heterocycles. The highest BCUT2D eigenvalue weighted by molar-refractivity contribution is 6.00. The Kier molecular flexibility index (Phi) is 4.90. The molecule has 2 aliphatic rings. The first-order valence-electron chi connectivity index (χ1n) is 10.4. The molecule has 148 valence electrons. The van der Waals surface area contributed by atoms with Crippen molar-refractivity contribution in [2.75, 3.05) is 13.1 Å². The summed E-state index contributed by atoms with van der Waals surface area (Å²) in [5, 5.41) is 3.23. The van der Waals surface area contributed by atoms with Crippen molar-refractivity contribution in [2.24, 2.45) is 0 Å². The van der Waals surface area contributed by atoms with Crippen LogP contribution in [0.15, 0.2) is 65.2 Å². The third kappa shape index (κ3) is 3.96. The Labute approximate surface area is 170 Å². The van der Waals surface area contributed by atoms with Crippen LogP contribution in [0.3, 0.4) is 0 Å². The number of piperidine rings is 1. The number of nitrogens with one attached hydrogen (secondary N) is 1. The van der Waals surface area contributed by atoms with Gasteiger partial charge >= 0.3 is 0 Å². The zero-order chi connectivity index (χ0) is 19.6. The average Bonchev–Trinajstić information content (AvgIpc) is 3.51. The Balaban J connectivity index is 1.32. The fourth-order valence-corrected chi connectivity index (χ4v) is 4.11. The van der Waals surface area contributed by atoms with Crippen LogP contribution in [0.1, 0.15) is 36.0 Å². The quantitative estimate of drug-likeness (QED) is 0.706. The van der Waals surface area contributed by atoms with Crippen LogP contribution >= 0.6 is 0 Å². The molecule has 5 heteroatoms. The van der Waals surface area contributed by atoms with Gasteiger partial charge in [0.2, 0.25) is 5.89 Å². The molecule has 1 aliphatic heterocycles. The lowest BCUT2D eigenvalue weighted by Crippen LogP contribution is -2.45. The van der Waals surface area contributed by atoms with Gasteiger partial charge in [0.15, 0.2) is 5.76 Å². The molecule has 29 heavy (non-hydrogen) atoms. The predicted octanol–water partition coefficient (Wildman–Crippen LogP) is 4.37. The first-order chi connectivity index (χ1) is 14.3. The normalized spacial score (nSPS) is 17.9. The zero-order valence-corrected chi connectivity index (χ0v) is 16.4. The molecule has 2 fully saturated rings. The Morgan fingerprint density at radius 3 is 2.45 bits per heavy atom. The molecule has 1 N–H and O–H groups in total. The summed E-state index contributed by atoms with van der Waals surface area (Å²) in [6.07, 6.45) is 6.42. The predicted molar refractivity (Wildman–Crippen MR) is 112 cm³/mol. The maximum absolute atomic E-state index is 13.0. The van der Waals surface area contributed by atoms with E-state index in [0.717, 1.165) is 43.1 Å². The van der Waals surface area contributed by atoms with Crippen molar-refractivity contribution in [2.45, 2.75) is 37.8 Å². The molecular formula is C24H25N3O2. The minimum absolute atomic E-state index is 0.0510. The molecule has 0 bridgehead atoms. The van der Waals surface area contributed by atoms with Gasteiger partial charge in [-0.2, -0.15) is 0 Å². The highest BCUT2D eigenvalue weighted by Crippen LogP contribution is 2.30. The molecule has 5 rings (SSSR count). The van der Waals surface area contributed by atoms with Crippen molar-refractivity contribution in [3.63, 3.8) is 0 Å². The molecule has 1 saturated heterocycles. The van der Waals surface area contributed by atoms with Gasteiger partial charge in [-0.25, -0.2) is 4.98 Å². The molecular weight excluding hydrogens is 362 g/mol. The summed E-state index contributed by atoms with van der Waals surface area (Å²) in [5.74, 6) is 1.12. The van der Waals surface area contributed by atoms with Crippen LogP contribution in [0, 0.1) is 0 Å². The minimum Gasteiger partial charge on any atom is -0.436 e. The number of carbonyl (C=O) groups excluding carboxylic acids is 1. The van der Waals surface area contributed by atoms with E-state index in [2.05, 4.69) is 15.2 Å². The van der Waals surface area contributed by atoms with Crippen LogP contribution in [-0.4, -0.2) is 41.0 Å². The van der Waals surface area contributed by atoms with E-state index in [1.807, 2.05) is 54.6 Å². The summed E-state index contributed by atoms with van der Waals surface area (Å²) in [7, 11) is 0. The van der Waals surface area contributed by atoms with Gasteiger partial charge in [0.1, 0.15) is 0 Å². The molecule has 0 radical (unpaired) electrons. The van der Waals surface area contributed by atoms with Gasteiger partial charge < -0.3 is 14.6 Å². The number of hydrogen-bond donors (Lipinski definition) is 1. The first-order valence-corrected chi connectivity index (χ1v) is 10.4. The summed E-state index contributed by atoms with van der Waals surface area (Å²) in [4.78, 5) is 20.0. The number of benzene rings is 2. The van der Waals surface area contributed by atoms with Gasteiger partial charge in [-0.05, 0) is 37.8 Å². The molecule has 1 aromatic heterocycles. The monoisotopic (exact) mass is 387 g/mol. The van der Waals surface area contributed by atoms with E-state index >= 15 is 0 Å². The van der Waals surface area contributed by atoms with E-state index < -0.39 is 0 Å². The van der Waals surface area contributed by atoms with Crippen LogP contribution in [0.2, 0.25) is 0 Å². The summed E-state index contributed by atoms with van der Waals surface area (Å²) < 4.78 is 5.99. The fourth-order valence-electron chi connectivity index (χ4n) is 4.11. The highest BCUT2D eigenvalue weighted by atomic mass is 16.4. The van der Waals surface area contributed by atoms with E-state index in [1.54, 1.807) is 6.20 Å². The Morgan fingerprint density at radius 1 is 0.966 bits per heavy atom. The van der Waals surface area contributed by atoms with E-state index in [1.165, 1.54) is 12.8 Å². The van der Waals surface area contributed by atoms with Crippen molar-refractivity contribution < 1.29 is 9.21 Å². The molecule has 1 saturated carbocycles. The summed E-state index contributed by atoms with van der Waals surface area (Å²) in [6, 6.07) is 18.4. The Morgan fingerprint density at radius 2 is 1.69 bits per heavy atom. The van der Waals surface area contributed by atoms with E-state index in [-0.39, 0.29) is 11.9 Å². The summed E-state index contributed by atoms with van der Waals surface area (Å²) >= 11 is 0. The van der Waals surface area contributed by atoms with E-state index in [9.17, 15) is 4.79 Å². The molecule has 3 aromatic rings. The summed E-state index contributed by atoms with van der Waals surface area (Å²) in [6.45, 7) is 2.16. The first kappa shape index (κ1) is 18.1. The lowest BCUT2D eigenvalue weighted by Gasteiger charge is -2.32. The molecule has 0 atom stereocenters. The maximum Gasteiger partial charge on any atom is 0.252 e. The van der Waals surface area contributed by atoms with Gasteiger partial charge in [0.05, 0.1) is 11.8 Å². The fraction of sp³-hybridized carbons (Fsp3) is 0.333. The SMILES string of the molecule is O=C(NC1CCN(C2CC2)CC1)c1ccccc1-c1ncc(-c2ccccc2)o1. The van der Waals surface area contributed by atoms with Crippen LogP contribution in [0.5, 0.6) is 0 Å². The zero-order valence-electron chi connectivity index (χ0n) is 16.4. The van der Waals surface area contributed by atoms with E-state index in [4.69, 9.17) is 4.42 Å². The van der Waals surface area contributed by atoms with Gasteiger partial charge in [-0.15, -0.1) is 0 Å². The third-order valence-corrected chi connectivity index (χ3v) is 5.89. The highest BCUT2D eigenvalue weighted by Gasteiger charge is 2.32. The molecule has 1 amide bonds. The number of aromatic nitrogens is 1. The molecule has 1 aliphatic carbocycles.